The van der Waals surface area contributed by atoms with Crippen LogP contribution in [0.25, 0.3) is 11.1 Å². The molecular weight excluding hydrogens is 340 g/mol. The largest absolute Gasteiger partial charge is 0.397 e. The molecule has 0 radical (unpaired) electrons. The van der Waals surface area contributed by atoms with E-state index in [2.05, 4.69) is 15.0 Å². The van der Waals surface area contributed by atoms with Crippen molar-refractivity contribution in [2.75, 3.05) is 18.8 Å². The highest BCUT2D eigenvalue weighted by molar-refractivity contribution is 5.84. The molecular formula is C20H26N6O. The van der Waals surface area contributed by atoms with Crippen LogP contribution in [-0.2, 0) is 4.79 Å². The van der Waals surface area contributed by atoms with E-state index >= 15 is 0 Å². The Morgan fingerprint density at radius 3 is 2.56 bits per heavy atom. The van der Waals surface area contributed by atoms with E-state index < -0.39 is 0 Å². The van der Waals surface area contributed by atoms with Gasteiger partial charge in [-0.25, -0.2) is 0 Å². The Bertz CT molecular complexity index is 831. The number of amides is 1. The van der Waals surface area contributed by atoms with Crippen LogP contribution in [0.5, 0.6) is 0 Å². The molecule has 2 fully saturated rings. The third-order valence-corrected chi connectivity index (χ3v) is 5.88. The second kappa shape index (κ2) is 7.50. The number of hydrogen-bond donors (Lipinski definition) is 2. The van der Waals surface area contributed by atoms with Crippen LogP contribution >= 0.6 is 0 Å². The Labute approximate surface area is 159 Å². The number of hydrogen-bond acceptors (Lipinski definition) is 5. The molecule has 0 spiro atoms. The molecule has 7 heteroatoms. The monoisotopic (exact) mass is 366 g/mol. The van der Waals surface area contributed by atoms with Crippen molar-refractivity contribution in [3.05, 3.63) is 30.4 Å². The lowest BCUT2D eigenvalue weighted by atomic mass is 10.0. The van der Waals surface area contributed by atoms with Gasteiger partial charge >= 0.3 is 0 Å². The SMILES string of the molecule is N=Cc1ncc(-c2cnn(C3CCN(C(=O)C4CCCC4)CC3)c2)cc1N. The third kappa shape index (κ3) is 3.59. The summed E-state index contributed by atoms with van der Waals surface area (Å²) in [6.07, 6.45) is 13.1. The Hall–Kier alpha value is -2.70. The van der Waals surface area contributed by atoms with E-state index in [1.165, 1.54) is 12.8 Å². The summed E-state index contributed by atoms with van der Waals surface area (Å²) in [5.74, 6) is 0.625. The maximum Gasteiger partial charge on any atom is 0.225 e. The fourth-order valence-electron chi connectivity index (χ4n) is 4.24. The number of anilines is 1. The van der Waals surface area contributed by atoms with Gasteiger partial charge in [-0.3, -0.25) is 14.5 Å². The minimum Gasteiger partial charge on any atom is -0.397 e. The number of aromatic nitrogens is 3. The Morgan fingerprint density at radius 1 is 1.15 bits per heavy atom. The summed E-state index contributed by atoms with van der Waals surface area (Å²) in [5, 5.41) is 11.8. The van der Waals surface area contributed by atoms with E-state index in [9.17, 15) is 4.79 Å². The molecule has 3 heterocycles. The average Bonchev–Trinajstić information content (AvgIpc) is 3.40. The first-order chi connectivity index (χ1) is 13.2. The van der Waals surface area contributed by atoms with Gasteiger partial charge in [0, 0.05) is 48.7 Å². The van der Waals surface area contributed by atoms with E-state index in [1.54, 1.807) is 6.20 Å². The van der Waals surface area contributed by atoms with Crippen LogP contribution < -0.4 is 5.73 Å². The molecule has 2 aliphatic rings. The van der Waals surface area contributed by atoms with Gasteiger partial charge in [-0.15, -0.1) is 0 Å². The molecule has 0 bridgehead atoms. The van der Waals surface area contributed by atoms with Crippen molar-refractivity contribution < 1.29 is 4.79 Å². The number of nitrogens with zero attached hydrogens (tertiary/aromatic N) is 4. The standard InChI is InChI=1S/C20H26N6O/c21-10-19-18(22)9-15(11-23-19)16-12-24-26(13-16)17-5-7-25(8-6-17)20(27)14-3-1-2-4-14/h9-14,17,21H,1-8,22H2. The van der Waals surface area contributed by atoms with Gasteiger partial charge in [0.25, 0.3) is 0 Å². The quantitative estimate of drug-likeness (QED) is 0.812. The molecule has 1 saturated carbocycles. The number of carbonyl (C=O) groups is 1. The summed E-state index contributed by atoms with van der Waals surface area (Å²) in [4.78, 5) is 18.9. The highest BCUT2D eigenvalue weighted by atomic mass is 16.2. The molecule has 0 atom stereocenters. The van der Waals surface area contributed by atoms with Crippen LogP contribution in [-0.4, -0.2) is 44.9 Å². The smallest absolute Gasteiger partial charge is 0.225 e. The average molecular weight is 366 g/mol. The molecule has 1 aliphatic carbocycles. The van der Waals surface area contributed by atoms with E-state index in [0.717, 1.165) is 56.1 Å². The first-order valence-electron chi connectivity index (χ1n) is 9.75. The highest BCUT2D eigenvalue weighted by Gasteiger charge is 2.30. The highest BCUT2D eigenvalue weighted by Crippen LogP contribution is 2.30. The van der Waals surface area contributed by atoms with E-state index in [4.69, 9.17) is 11.1 Å². The molecule has 0 unspecified atom stereocenters. The number of pyridine rings is 1. The summed E-state index contributed by atoms with van der Waals surface area (Å²) in [6.45, 7) is 1.63. The summed E-state index contributed by atoms with van der Waals surface area (Å²) in [7, 11) is 0. The lowest BCUT2D eigenvalue weighted by Gasteiger charge is -2.33. The van der Waals surface area contributed by atoms with Gasteiger partial charge < -0.3 is 16.0 Å². The Morgan fingerprint density at radius 2 is 1.89 bits per heavy atom. The number of rotatable bonds is 4. The first kappa shape index (κ1) is 17.7. The zero-order valence-corrected chi connectivity index (χ0v) is 15.5. The minimum atomic E-state index is 0.264. The van der Waals surface area contributed by atoms with E-state index in [-0.39, 0.29) is 5.92 Å². The fraction of sp³-hybridized carbons (Fsp3) is 0.500. The normalized spacial score (nSPS) is 18.7. The van der Waals surface area contributed by atoms with Gasteiger partial charge in [-0.1, -0.05) is 12.8 Å². The Kier molecular flexibility index (Phi) is 4.92. The zero-order valence-electron chi connectivity index (χ0n) is 15.5. The molecule has 1 amide bonds. The minimum absolute atomic E-state index is 0.264. The van der Waals surface area contributed by atoms with Gasteiger partial charge in [0.15, 0.2) is 0 Å². The van der Waals surface area contributed by atoms with Crippen molar-refractivity contribution in [3.63, 3.8) is 0 Å². The fourth-order valence-corrected chi connectivity index (χ4v) is 4.24. The molecule has 1 saturated heterocycles. The molecule has 142 valence electrons. The number of piperidine rings is 1. The van der Waals surface area contributed by atoms with E-state index in [0.29, 0.717) is 23.3 Å². The lowest BCUT2D eigenvalue weighted by molar-refractivity contribution is -0.136. The van der Waals surface area contributed by atoms with Crippen molar-refractivity contribution in [1.82, 2.24) is 19.7 Å². The molecule has 3 N–H and O–H groups in total. The van der Waals surface area contributed by atoms with Gasteiger partial charge in [-0.2, -0.15) is 5.10 Å². The lowest BCUT2D eigenvalue weighted by Crippen LogP contribution is -2.41. The summed E-state index contributed by atoms with van der Waals surface area (Å²) >= 11 is 0. The van der Waals surface area contributed by atoms with Crippen LogP contribution in [0.4, 0.5) is 5.69 Å². The molecule has 2 aromatic rings. The van der Waals surface area contributed by atoms with Crippen LogP contribution in [0.1, 0.15) is 50.3 Å². The molecule has 7 nitrogen and oxygen atoms in total. The molecule has 4 rings (SSSR count). The zero-order chi connectivity index (χ0) is 18.8. The predicted octanol–water partition coefficient (Wildman–Crippen LogP) is 2.88. The number of carbonyl (C=O) groups excluding carboxylic acids is 1. The summed E-state index contributed by atoms with van der Waals surface area (Å²) < 4.78 is 2.01. The molecule has 2 aromatic heterocycles. The number of nitrogen functional groups attached to an aromatic ring is 1. The predicted molar refractivity (Wildman–Crippen MR) is 105 cm³/mol. The van der Waals surface area contributed by atoms with Gasteiger partial charge in [0.05, 0.1) is 17.9 Å². The topological polar surface area (TPSA) is 101 Å². The van der Waals surface area contributed by atoms with Crippen LogP contribution in [0.3, 0.4) is 0 Å². The van der Waals surface area contributed by atoms with Gasteiger partial charge in [0.2, 0.25) is 5.91 Å². The van der Waals surface area contributed by atoms with Crippen LogP contribution in [0.2, 0.25) is 0 Å². The Balaban J connectivity index is 1.40. The summed E-state index contributed by atoms with van der Waals surface area (Å²) in [5.41, 5.74) is 8.78. The third-order valence-electron chi connectivity index (χ3n) is 5.88. The van der Waals surface area contributed by atoms with Gasteiger partial charge in [-0.05, 0) is 31.7 Å². The maximum atomic E-state index is 12.6. The van der Waals surface area contributed by atoms with Crippen molar-refractivity contribution in [1.29, 1.82) is 5.41 Å². The number of nitrogens with two attached hydrogens (primary N) is 1. The second-order valence-corrected chi connectivity index (χ2v) is 7.59. The molecule has 1 aliphatic heterocycles. The second-order valence-electron chi connectivity index (χ2n) is 7.59. The maximum absolute atomic E-state index is 12.6. The van der Waals surface area contributed by atoms with Crippen molar-refractivity contribution in [2.24, 2.45) is 5.92 Å². The van der Waals surface area contributed by atoms with Crippen molar-refractivity contribution in [3.8, 4) is 11.1 Å². The molecule has 27 heavy (non-hydrogen) atoms. The number of likely N-dealkylation sites (tertiary alicyclic amines) is 1. The molecule has 0 aromatic carbocycles. The van der Waals surface area contributed by atoms with E-state index in [1.807, 2.05) is 23.1 Å². The first-order valence-corrected chi connectivity index (χ1v) is 9.75. The summed E-state index contributed by atoms with van der Waals surface area (Å²) in [6, 6.07) is 2.15. The van der Waals surface area contributed by atoms with Crippen molar-refractivity contribution in [2.45, 2.75) is 44.6 Å². The van der Waals surface area contributed by atoms with Gasteiger partial charge in [0.1, 0.15) is 5.69 Å². The van der Waals surface area contributed by atoms with Crippen LogP contribution in [0.15, 0.2) is 24.7 Å². The van der Waals surface area contributed by atoms with Crippen molar-refractivity contribution >= 4 is 17.8 Å². The number of nitrogens with one attached hydrogen (secondary N) is 1. The van der Waals surface area contributed by atoms with Crippen LogP contribution in [0, 0.1) is 11.3 Å².